The molecule has 3 N–H and O–H groups in total. The van der Waals surface area contributed by atoms with Crippen LogP contribution in [0.5, 0.6) is 11.5 Å². The fraction of sp³-hybridized carbons (Fsp3) is 0.533. The Labute approximate surface area is 133 Å². The highest BCUT2D eigenvalue weighted by molar-refractivity contribution is 9.10. The van der Waals surface area contributed by atoms with Gasteiger partial charge in [0.1, 0.15) is 0 Å². The van der Waals surface area contributed by atoms with Gasteiger partial charge in [0.2, 0.25) is 0 Å². The van der Waals surface area contributed by atoms with Crippen molar-refractivity contribution in [1.82, 2.24) is 5.32 Å². The van der Waals surface area contributed by atoms with Crippen LogP contribution >= 0.6 is 15.9 Å². The summed E-state index contributed by atoms with van der Waals surface area (Å²) in [6.07, 6.45) is 4.49. The van der Waals surface area contributed by atoms with Crippen molar-refractivity contribution in [3.63, 3.8) is 0 Å². The monoisotopic (exact) mass is 356 g/mol. The van der Waals surface area contributed by atoms with Crippen molar-refractivity contribution in [3.8, 4) is 11.5 Å². The molecule has 2 rings (SSSR count). The maximum absolute atomic E-state index is 11.9. The maximum atomic E-state index is 11.9. The fourth-order valence-corrected chi connectivity index (χ4v) is 3.11. The van der Waals surface area contributed by atoms with E-state index in [1.807, 2.05) is 12.1 Å². The molecular formula is C15H21BrN2O3. The van der Waals surface area contributed by atoms with E-state index in [2.05, 4.69) is 21.2 Å². The van der Waals surface area contributed by atoms with Crippen LogP contribution in [0.2, 0.25) is 0 Å². The number of halogens is 1. The predicted molar refractivity (Wildman–Crippen MR) is 84.5 cm³/mol. The van der Waals surface area contributed by atoms with E-state index < -0.39 is 0 Å². The molecule has 1 aromatic carbocycles. The lowest BCUT2D eigenvalue weighted by molar-refractivity contribution is -0.123. The van der Waals surface area contributed by atoms with Crippen molar-refractivity contribution in [2.45, 2.75) is 38.3 Å². The number of nitrogens with one attached hydrogen (secondary N) is 1. The molecule has 21 heavy (non-hydrogen) atoms. The molecule has 6 heteroatoms. The highest BCUT2D eigenvalue weighted by Gasteiger charge is 2.18. The van der Waals surface area contributed by atoms with Crippen LogP contribution in [0.3, 0.4) is 0 Å². The number of hydrogen-bond acceptors (Lipinski definition) is 4. The molecule has 1 aliphatic rings. The fourth-order valence-electron chi connectivity index (χ4n) is 2.51. The third kappa shape index (κ3) is 4.35. The van der Waals surface area contributed by atoms with Gasteiger partial charge in [-0.2, -0.15) is 0 Å². The molecule has 0 saturated heterocycles. The molecule has 116 valence electrons. The van der Waals surface area contributed by atoms with Gasteiger partial charge in [0.25, 0.3) is 5.91 Å². The minimum Gasteiger partial charge on any atom is -0.493 e. The number of ether oxygens (including phenoxy) is 2. The van der Waals surface area contributed by atoms with E-state index in [1.54, 1.807) is 7.11 Å². The van der Waals surface area contributed by atoms with Gasteiger partial charge in [0.15, 0.2) is 18.1 Å². The van der Waals surface area contributed by atoms with Crippen LogP contribution in [0.15, 0.2) is 16.6 Å². The average molecular weight is 357 g/mol. The molecule has 1 saturated carbocycles. The maximum Gasteiger partial charge on any atom is 0.258 e. The Morgan fingerprint density at radius 2 is 2.14 bits per heavy atom. The van der Waals surface area contributed by atoms with Crippen molar-refractivity contribution >= 4 is 21.8 Å². The van der Waals surface area contributed by atoms with E-state index in [9.17, 15) is 4.79 Å². The zero-order chi connectivity index (χ0) is 15.2. The lowest BCUT2D eigenvalue weighted by Crippen LogP contribution is -2.36. The second-order valence-electron chi connectivity index (χ2n) is 5.15. The Morgan fingerprint density at radius 3 is 2.76 bits per heavy atom. The minimum absolute atomic E-state index is 0.0204. The summed E-state index contributed by atoms with van der Waals surface area (Å²) >= 11 is 3.43. The molecule has 0 bridgehead atoms. The minimum atomic E-state index is -0.0984. The van der Waals surface area contributed by atoms with Crippen LogP contribution < -0.4 is 20.5 Å². The SMILES string of the molecule is COc1cc(CN)cc(Br)c1OCC(=O)NC1CCCC1. The van der Waals surface area contributed by atoms with Gasteiger partial charge in [-0.1, -0.05) is 12.8 Å². The third-order valence-corrected chi connectivity index (χ3v) is 4.18. The topological polar surface area (TPSA) is 73.6 Å². The Kier molecular flexibility index (Phi) is 5.87. The predicted octanol–water partition coefficient (Wildman–Crippen LogP) is 2.35. The molecule has 0 heterocycles. The van der Waals surface area contributed by atoms with Gasteiger partial charge in [-0.05, 0) is 46.5 Å². The number of methoxy groups -OCH3 is 1. The summed E-state index contributed by atoms with van der Waals surface area (Å²) in [4.78, 5) is 11.9. The van der Waals surface area contributed by atoms with Crippen LogP contribution in [-0.4, -0.2) is 25.7 Å². The third-order valence-electron chi connectivity index (χ3n) is 3.59. The van der Waals surface area contributed by atoms with Crippen LogP contribution in [0.1, 0.15) is 31.2 Å². The summed E-state index contributed by atoms with van der Waals surface area (Å²) in [6.45, 7) is 0.394. The van der Waals surface area contributed by atoms with Crippen molar-refractivity contribution in [2.75, 3.05) is 13.7 Å². The molecule has 5 nitrogen and oxygen atoms in total. The number of hydrogen-bond donors (Lipinski definition) is 2. The van der Waals surface area contributed by atoms with E-state index in [4.69, 9.17) is 15.2 Å². The summed E-state index contributed by atoms with van der Waals surface area (Å²) in [5.41, 5.74) is 6.56. The first-order valence-corrected chi connectivity index (χ1v) is 7.92. The zero-order valence-corrected chi connectivity index (χ0v) is 13.7. The summed E-state index contributed by atoms with van der Waals surface area (Å²) < 4.78 is 11.6. The Morgan fingerprint density at radius 1 is 1.43 bits per heavy atom. The van der Waals surface area contributed by atoms with Crippen LogP contribution in [-0.2, 0) is 11.3 Å². The van der Waals surface area contributed by atoms with Crippen molar-refractivity contribution in [2.24, 2.45) is 5.73 Å². The highest BCUT2D eigenvalue weighted by Crippen LogP contribution is 2.36. The van der Waals surface area contributed by atoms with Gasteiger partial charge in [-0.3, -0.25) is 4.79 Å². The Bertz CT molecular complexity index is 502. The Balaban J connectivity index is 1.97. The van der Waals surface area contributed by atoms with Crippen molar-refractivity contribution in [1.29, 1.82) is 0 Å². The van der Waals surface area contributed by atoms with Crippen LogP contribution in [0.4, 0.5) is 0 Å². The lowest BCUT2D eigenvalue weighted by Gasteiger charge is -2.15. The molecule has 1 aromatic rings. The van der Waals surface area contributed by atoms with Crippen LogP contribution in [0, 0.1) is 0 Å². The number of benzene rings is 1. The highest BCUT2D eigenvalue weighted by atomic mass is 79.9. The van der Waals surface area contributed by atoms with E-state index >= 15 is 0 Å². The number of nitrogens with two attached hydrogens (primary N) is 1. The molecular weight excluding hydrogens is 336 g/mol. The Hall–Kier alpha value is -1.27. The quantitative estimate of drug-likeness (QED) is 0.820. The van der Waals surface area contributed by atoms with Gasteiger partial charge < -0.3 is 20.5 Å². The first-order valence-electron chi connectivity index (χ1n) is 7.12. The molecule has 0 spiro atoms. The van der Waals surface area contributed by atoms with Crippen LogP contribution in [0.25, 0.3) is 0 Å². The van der Waals surface area contributed by atoms with Gasteiger partial charge in [0.05, 0.1) is 11.6 Å². The largest absolute Gasteiger partial charge is 0.493 e. The second-order valence-corrected chi connectivity index (χ2v) is 6.01. The van der Waals surface area contributed by atoms with Gasteiger partial charge in [-0.15, -0.1) is 0 Å². The van der Waals surface area contributed by atoms with E-state index in [0.29, 0.717) is 24.1 Å². The summed E-state index contributed by atoms with van der Waals surface area (Å²) in [5.74, 6) is 0.994. The van der Waals surface area contributed by atoms with Gasteiger partial charge in [0, 0.05) is 12.6 Å². The average Bonchev–Trinajstić information content (AvgIpc) is 2.97. The molecule has 0 radical (unpaired) electrons. The van der Waals surface area contributed by atoms with Gasteiger partial charge in [-0.25, -0.2) is 0 Å². The molecule has 1 amide bonds. The summed E-state index contributed by atoms with van der Waals surface area (Å²) in [7, 11) is 1.56. The zero-order valence-electron chi connectivity index (χ0n) is 12.2. The lowest BCUT2D eigenvalue weighted by atomic mass is 10.2. The molecule has 0 unspecified atom stereocenters. The van der Waals surface area contributed by atoms with E-state index in [-0.39, 0.29) is 12.5 Å². The molecule has 1 fully saturated rings. The first kappa shape index (κ1) is 16.1. The first-order chi connectivity index (χ1) is 10.1. The number of rotatable bonds is 6. The summed E-state index contributed by atoms with van der Waals surface area (Å²) in [5, 5.41) is 2.99. The van der Waals surface area contributed by atoms with Crippen molar-refractivity contribution in [3.05, 3.63) is 22.2 Å². The number of carbonyl (C=O) groups is 1. The molecule has 0 aliphatic heterocycles. The van der Waals surface area contributed by atoms with E-state index in [1.165, 1.54) is 12.8 Å². The summed E-state index contributed by atoms with van der Waals surface area (Å²) in [6, 6.07) is 3.98. The smallest absolute Gasteiger partial charge is 0.258 e. The van der Waals surface area contributed by atoms with Gasteiger partial charge >= 0.3 is 0 Å². The normalized spacial score (nSPS) is 15.0. The standard InChI is InChI=1S/C15H21BrN2O3/c1-20-13-7-10(8-17)6-12(16)15(13)21-9-14(19)18-11-4-2-3-5-11/h6-7,11H,2-5,8-9,17H2,1H3,(H,18,19). The molecule has 1 aliphatic carbocycles. The molecule has 0 atom stereocenters. The second kappa shape index (κ2) is 7.66. The number of amides is 1. The molecule has 0 aromatic heterocycles. The number of carbonyl (C=O) groups excluding carboxylic acids is 1. The van der Waals surface area contributed by atoms with Crippen molar-refractivity contribution < 1.29 is 14.3 Å². The van der Waals surface area contributed by atoms with E-state index in [0.717, 1.165) is 22.9 Å².